The molecule has 0 aromatic carbocycles. The van der Waals surface area contributed by atoms with Crippen molar-refractivity contribution in [1.29, 1.82) is 0 Å². The van der Waals surface area contributed by atoms with Gasteiger partial charge in [0, 0.05) is 0 Å². The van der Waals surface area contributed by atoms with Crippen LogP contribution in [0.15, 0.2) is 0 Å². The van der Waals surface area contributed by atoms with Gasteiger partial charge in [0.1, 0.15) is 5.60 Å². The minimum absolute atomic E-state index is 0.0127. The molecule has 17 heavy (non-hydrogen) atoms. The van der Waals surface area contributed by atoms with Gasteiger partial charge in [0.15, 0.2) is 0 Å². The van der Waals surface area contributed by atoms with Crippen LogP contribution in [0.25, 0.3) is 0 Å². The van der Waals surface area contributed by atoms with Crippen molar-refractivity contribution in [2.24, 2.45) is 11.3 Å². The summed E-state index contributed by atoms with van der Waals surface area (Å²) in [5.41, 5.74) is -0.479. The lowest BCUT2D eigenvalue weighted by molar-refractivity contribution is -0.174. The Labute approximate surface area is 106 Å². The Balaban J connectivity index is 2.76. The van der Waals surface area contributed by atoms with Crippen LogP contribution in [0.2, 0.25) is 0 Å². The summed E-state index contributed by atoms with van der Waals surface area (Å²) in [7, 11) is 0. The van der Waals surface area contributed by atoms with Crippen LogP contribution in [0.1, 0.15) is 73.1 Å². The molecule has 1 atom stereocenters. The summed E-state index contributed by atoms with van der Waals surface area (Å²) in [6, 6.07) is 0. The second-order valence-electron chi connectivity index (χ2n) is 6.06. The van der Waals surface area contributed by atoms with Crippen LogP contribution in [-0.4, -0.2) is 11.6 Å². The van der Waals surface area contributed by atoms with E-state index in [0.29, 0.717) is 5.92 Å². The number of rotatable bonds is 5. The molecule has 2 heteroatoms. The monoisotopic (exact) mass is 240 g/mol. The lowest BCUT2D eigenvalue weighted by Crippen LogP contribution is -2.41. The summed E-state index contributed by atoms with van der Waals surface area (Å²) in [5.74, 6) is 0.342. The van der Waals surface area contributed by atoms with Crippen molar-refractivity contribution in [1.82, 2.24) is 0 Å². The Hall–Kier alpha value is -0.530. The van der Waals surface area contributed by atoms with E-state index in [1.54, 1.807) is 0 Å². The molecule has 1 rings (SSSR count). The van der Waals surface area contributed by atoms with Gasteiger partial charge in [-0.05, 0) is 51.4 Å². The Kier molecular flexibility index (Phi) is 4.62. The zero-order chi connectivity index (χ0) is 13.1. The van der Waals surface area contributed by atoms with Crippen LogP contribution in [0.5, 0.6) is 0 Å². The van der Waals surface area contributed by atoms with Crippen molar-refractivity contribution < 1.29 is 9.53 Å². The first-order valence-electron chi connectivity index (χ1n) is 7.13. The van der Waals surface area contributed by atoms with Gasteiger partial charge in [-0.1, -0.05) is 27.7 Å². The van der Waals surface area contributed by atoms with Crippen LogP contribution in [0, 0.1) is 11.3 Å². The van der Waals surface area contributed by atoms with Crippen molar-refractivity contribution in [3.8, 4) is 0 Å². The quantitative estimate of drug-likeness (QED) is 0.669. The second kappa shape index (κ2) is 5.41. The van der Waals surface area contributed by atoms with Crippen molar-refractivity contribution >= 4 is 5.97 Å². The zero-order valence-electron chi connectivity index (χ0n) is 12.1. The molecule has 1 unspecified atom stereocenters. The highest BCUT2D eigenvalue weighted by atomic mass is 16.6. The molecule has 0 amide bonds. The van der Waals surface area contributed by atoms with Crippen LogP contribution in [-0.2, 0) is 9.53 Å². The van der Waals surface area contributed by atoms with E-state index < -0.39 is 0 Å². The number of carbonyl (C=O) groups is 1. The van der Waals surface area contributed by atoms with Crippen molar-refractivity contribution in [2.45, 2.75) is 78.7 Å². The molecule has 1 saturated carbocycles. The second-order valence-corrected chi connectivity index (χ2v) is 6.06. The summed E-state index contributed by atoms with van der Waals surface area (Å²) in [6.45, 7) is 10.5. The van der Waals surface area contributed by atoms with Gasteiger partial charge in [0.2, 0.25) is 0 Å². The van der Waals surface area contributed by atoms with Gasteiger partial charge in [-0.2, -0.15) is 0 Å². The Bertz CT molecular complexity index is 264. The highest BCUT2D eigenvalue weighted by Crippen LogP contribution is 2.40. The highest BCUT2D eigenvalue weighted by molar-refractivity contribution is 5.77. The largest absolute Gasteiger partial charge is 0.459 e. The predicted octanol–water partition coefficient (Wildman–Crippen LogP) is 4.32. The normalized spacial score (nSPS) is 22.5. The maximum absolute atomic E-state index is 12.4. The SMILES string of the molecule is CCC1(OC(=O)C(C)(CC)C(C)C)CCCC1. The summed E-state index contributed by atoms with van der Waals surface area (Å²) in [5, 5.41) is 0. The summed E-state index contributed by atoms with van der Waals surface area (Å²) in [4.78, 5) is 12.4. The van der Waals surface area contributed by atoms with Crippen molar-refractivity contribution in [2.75, 3.05) is 0 Å². The molecule has 0 radical (unpaired) electrons. The van der Waals surface area contributed by atoms with Gasteiger partial charge >= 0.3 is 5.97 Å². The summed E-state index contributed by atoms with van der Waals surface area (Å²) in [6.07, 6.45) is 6.30. The third kappa shape index (κ3) is 2.83. The van der Waals surface area contributed by atoms with Gasteiger partial charge in [0.05, 0.1) is 5.41 Å². The topological polar surface area (TPSA) is 26.3 Å². The van der Waals surface area contributed by atoms with E-state index in [0.717, 1.165) is 25.7 Å². The molecule has 1 aliphatic carbocycles. The zero-order valence-corrected chi connectivity index (χ0v) is 12.1. The maximum Gasteiger partial charge on any atom is 0.312 e. The fourth-order valence-electron chi connectivity index (χ4n) is 2.65. The molecular weight excluding hydrogens is 212 g/mol. The number of hydrogen-bond acceptors (Lipinski definition) is 2. The minimum Gasteiger partial charge on any atom is -0.459 e. The number of ether oxygens (including phenoxy) is 1. The first-order valence-corrected chi connectivity index (χ1v) is 7.13. The first-order chi connectivity index (χ1) is 7.90. The maximum atomic E-state index is 12.4. The Morgan fingerprint density at radius 2 is 1.82 bits per heavy atom. The fraction of sp³-hybridized carbons (Fsp3) is 0.933. The molecule has 100 valence electrons. The molecular formula is C15H28O2. The number of esters is 1. The van der Waals surface area contributed by atoms with Crippen LogP contribution < -0.4 is 0 Å². The molecule has 0 aromatic rings. The molecule has 1 aliphatic rings. The van der Waals surface area contributed by atoms with E-state index in [1.807, 2.05) is 6.92 Å². The molecule has 0 aliphatic heterocycles. The molecule has 0 N–H and O–H groups in total. The van der Waals surface area contributed by atoms with E-state index in [1.165, 1.54) is 12.8 Å². The fourth-order valence-corrected chi connectivity index (χ4v) is 2.65. The molecule has 0 spiro atoms. The van der Waals surface area contributed by atoms with Crippen LogP contribution in [0.4, 0.5) is 0 Å². The third-order valence-corrected chi connectivity index (χ3v) is 4.94. The summed E-state index contributed by atoms with van der Waals surface area (Å²) < 4.78 is 5.93. The first kappa shape index (κ1) is 14.5. The molecule has 2 nitrogen and oxygen atoms in total. The van der Waals surface area contributed by atoms with Crippen LogP contribution >= 0.6 is 0 Å². The van der Waals surface area contributed by atoms with Gasteiger partial charge in [0.25, 0.3) is 0 Å². The molecule has 0 aromatic heterocycles. The number of carbonyl (C=O) groups excluding carboxylic acids is 1. The smallest absolute Gasteiger partial charge is 0.312 e. The Morgan fingerprint density at radius 3 is 2.18 bits per heavy atom. The minimum atomic E-state index is -0.329. The molecule has 0 heterocycles. The average Bonchev–Trinajstić information content (AvgIpc) is 2.76. The lowest BCUT2D eigenvalue weighted by Gasteiger charge is -2.36. The highest BCUT2D eigenvalue weighted by Gasteiger charge is 2.43. The Morgan fingerprint density at radius 1 is 1.29 bits per heavy atom. The van der Waals surface area contributed by atoms with E-state index in [4.69, 9.17) is 4.74 Å². The van der Waals surface area contributed by atoms with Gasteiger partial charge < -0.3 is 4.74 Å². The standard InChI is InChI=1S/C15H28O2/c1-6-14(5,12(3)4)13(16)17-15(7-2)10-8-9-11-15/h12H,6-11H2,1-5H3. The van der Waals surface area contributed by atoms with E-state index in [9.17, 15) is 4.79 Å². The third-order valence-electron chi connectivity index (χ3n) is 4.94. The molecule has 0 saturated heterocycles. The molecule has 1 fully saturated rings. The van der Waals surface area contributed by atoms with E-state index in [-0.39, 0.29) is 17.0 Å². The predicted molar refractivity (Wildman–Crippen MR) is 70.8 cm³/mol. The number of hydrogen-bond donors (Lipinski definition) is 0. The van der Waals surface area contributed by atoms with Crippen molar-refractivity contribution in [3.63, 3.8) is 0 Å². The van der Waals surface area contributed by atoms with Crippen LogP contribution in [0.3, 0.4) is 0 Å². The lowest BCUT2D eigenvalue weighted by atomic mass is 9.76. The van der Waals surface area contributed by atoms with Gasteiger partial charge in [-0.25, -0.2) is 0 Å². The van der Waals surface area contributed by atoms with E-state index in [2.05, 4.69) is 27.7 Å². The van der Waals surface area contributed by atoms with Crippen molar-refractivity contribution in [3.05, 3.63) is 0 Å². The average molecular weight is 240 g/mol. The molecule has 0 bridgehead atoms. The van der Waals surface area contributed by atoms with Gasteiger partial charge in [-0.3, -0.25) is 4.79 Å². The van der Waals surface area contributed by atoms with Gasteiger partial charge in [-0.15, -0.1) is 0 Å². The summed E-state index contributed by atoms with van der Waals surface area (Å²) >= 11 is 0. The van der Waals surface area contributed by atoms with E-state index >= 15 is 0 Å².